The van der Waals surface area contributed by atoms with Crippen molar-refractivity contribution in [3.05, 3.63) is 0 Å². The summed E-state index contributed by atoms with van der Waals surface area (Å²) in [7, 11) is 2.69. The van der Waals surface area contributed by atoms with E-state index in [1.54, 1.807) is 0 Å². The van der Waals surface area contributed by atoms with Gasteiger partial charge in [0.05, 0.1) is 17.6 Å². The molecule has 2 nitrogen and oxygen atoms in total. The van der Waals surface area contributed by atoms with Gasteiger partial charge in [-0.3, -0.25) is 0 Å². The number of unbranched alkanes of at least 4 members (excludes halogenated alkanes) is 2. The highest BCUT2D eigenvalue weighted by molar-refractivity contribution is 8.76. The molecule has 0 saturated carbocycles. The smallest absolute Gasteiger partial charge is 0.0656 e. The quantitative estimate of drug-likeness (QED) is 0.177. The lowest BCUT2D eigenvalue weighted by molar-refractivity contribution is 0.0981. The minimum Gasteiger partial charge on any atom is -0.382 e. The number of rotatable bonds is 17. The molecule has 6 heteroatoms. The van der Waals surface area contributed by atoms with Gasteiger partial charge in [0.2, 0.25) is 0 Å². The van der Waals surface area contributed by atoms with E-state index in [1.807, 2.05) is 21.6 Å². The van der Waals surface area contributed by atoms with Crippen LogP contribution in [-0.2, 0) is 9.47 Å². The largest absolute Gasteiger partial charge is 0.382 e. The average molecular weight is 411 g/mol. The topological polar surface area (TPSA) is 18.5 Å². The van der Waals surface area contributed by atoms with Gasteiger partial charge < -0.3 is 9.47 Å². The fraction of sp³-hybridized carbons (Fsp3) is 1.00. The Morgan fingerprint density at radius 1 is 0.708 bits per heavy atom. The van der Waals surface area contributed by atoms with Gasteiger partial charge in [0, 0.05) is 36.2 Å². The Bertz CT molecular complexity index is 243. The van der Waals surface area contributed by atoms with Crippen LogP contribution in [0.5, 0.6) is 0 Å². The molecule has 0 aliphatic carbocycles. The molecule has 0 aliphatic heterocycles. The van der Waals surface area contributed by atoms with Crippen LogP contribution < -0.4 is 0 Å². The normalized spacial score (nSPS) is 14.5. The molecule has 0 amide bonds. The fourth-order valence-electron chi connectivity index (χ4n) is 2.42. The van der Waals surface area contributed by atoms with Crippen molar-refractivity contribution in [2.24, 2.45) is 0 Å². The summed E-state index contributed by atoms with van der Waals surface area (Å²) < 4.78 is 12.2. The Hall–Kier alpha value is 1.05. The zero-order valence-electron chi connectivity index (χ0n) is 17.0. The lowest BCUT2D eigenvalue weighted by atomic mass is 10.4. The summed E-state index contributed by atoms with van der Waals surface area (Å²) in [5.74, 6) is 2.46. The predicted octanol–water partition coefficient (Wildman–Crippen LogP) is 5.57. The van der Waals surface area contributed by atoms with E-state index in [9.17, 15) is 0 Å². The van der Waals surface area contributed by atoms with Crippen molar-refractivity contribution in [1.82, 2.24) is 0 Å². The summed E-state index contributed by atoms with van der Waals surface area (Å²) in [5.41, 5.74) is 1.13. The van der Waals surface area contributed by atoms with E-state index in [2.05, 4.69) is 40.0 Å². The minimum atomic E-state index is -0.692. The molecule has 0 radical (unpaired) electrons. The van der Waals surface area contributed by atoms with Crippen molar-refractivity contribution in [3.63, 3.8) is 0 Å². The van der Waals surface area contributed by atoms with Crippen LogP contribution in [-0.4, -0.2) is 53.8 Å². The van der Waals surface area contributed by atoms with Crippen LogP contribution in [0.1, 0.15) is 52.4 Å². The van der Waals surface area contributed by atoms with Crippen molar-refractivity contribution in [2.75, 3.05) is 24.7 Å². The Morgan fingerprint density at radius 2 is 1.08 bits per heavy atom. The SMILES string of the molecule is CCCCOC(CCSSCCC(OCCCC)[SiH](C)C)[SiH](C)C. The van der Waals surface area contributed by atoms with Gasteiger partial charge in [-0.1, -0.05) is 74.5 Å². The standard InChI is InChI=1S/C18H42O2S2Si2/c1-7-9-13-19-17(23(3)4)11-15-21-22-16-12-18(24(5)6)20-14-10-8-2/h17-18,23-24H,7-16H2,1-6H3. The molecule has 0 heterocycles. The number of ether oxygens (including phenoxy) is 2. The zero-order chi connectivity index (χ0) is 18.2. The second-order valence-electron chi connectivity index (χ2n) is 7.23. The molecule has 0 bridgehead atoms. The van der Waals surface area contributed by atoms with E-state index in [4.69, 9.17) is 9.47 Å². The van der Waals surface area contributed by atoms with E-state index >= 15 is 0 Å². The van der Waals surface area contributed by atoms with Crippen molar-refractivity contribution in [1.29, 1.82) is 0 Å². The van der Waals surface area contributed by atoms with Crippen molar-refractivity contribution < 1.29 is 9.47 Å². The predicted molar refractivity (Wildman–Crippen MR) is 121 cm³/mol. The van der Waals surface area contributed by atoms with Crippen LogP contribution >= 0.6 is 21.6 Å². The maximum absolute atomic E-state index is 6.10. The summed E-state index contributed by atoms with van der Waals surface area (Å²) >= 11 is 0. The van der Waals surface area contributed by atoms with Crippen molar-refractivity contribution >= 4 is 39.2 Å². The van der Waals surface area contributed by atoms with Gasteiger partial charge in [-0.15, -0.1) is 0 Å². The fourth-order valence-corrected chi connectivity index (χ4v) is 7.79. The molecule has 2 atom stereocenters. The van der Waals surface area contributed by atoms with Crippen LogP contribution in [0.3, 0.4) is 0 Å². The second-order valence-corrected chi connectivity index (χ2v) is 16.4. The first-order valence-corrected chi connectivity index (χ1v) is 18.4. The molecular weight excluding hydrogens is 369 g/mol. The van der Waals surface area contributed by atoms with Gasteiger partial charge in [0.1, 0.15) is 0 Å². The number of hydrogen-bond donors (Lipinski definition) is 0. The molecule has 0 fully saturated rings. The first-order chi connectivity index (χ1) is 11.5. The molecule has 0 aromatic heterocycles. The molecule has 0 saturated heterocycles. The van der Waals surface area contributed by atoms with Crippen LogP contribution in [0.2, 0.25) is 26.2 Å². The van der Waals surface area contributed by atoms with Crippen LogP contribution in [0.15, 0.2) is 0 Å². The van der Waals surface area contributed by atoms with E-state index in [0.29, 0.717) is 11.5 Å². The summed E-state index contributed by atoms with van der Waals surface area (Å²) in [4.78, 5) is 0. The molecule has 0 aliphatic rings. The Morgan fingerprint density at radius 3 is 1.38 bits per heavy atom. The summed E-state index contributed by atoms with van der Waals surface area (Å²) in [6.07, 6.45) is 7.35. The van der Waals surface area contributed by atoms with E-state index in [1.165, 1.54) is 50.0 Å². The third-order valence-electron chi connectivity index (χ3n) is 4.20. The highest BCUT2D eigenvalue weighted by Crippen LogP contribution is 2.25. The molecule has 0 rings (SSSR count). The van der Waals surface area contributed by atoms with Crippen LogP contribution in [0, 0.1) is 0 Å². The first kappa shape index (κ1) is 25.1. The van der Waals surface area contributed by atoms with Crippen LogP contribution in [0.25, 0.3) is 0 Å². The second kappa shape index (κ2) is 17.5. The third kappa shape index (κ3) is 14.2. The molecule has 0 aromatic carbocycles. The lowest BCUT2D eigenvalue weighted by Gasteiger charge is -2.21. The van der Waals surface area contributed by atoms with Gasteiger partial charge in [-0.2, -0.15) is 0 Å². The van der Waals surface area contributed by atoms with Gasteiger partial charge in [-0.25, -0.2) is 0 Å². The van der Waals surface area contributed by atoms with Gasteiger partial charge in [-0.05, 0) is 25.7 Å². The molecule has 2 unspecified atom stereocenters. The summed E-state index contributed by atoms with van der Waals surface area (Å²) in [6.45, 7) is 16.0. The maximum atomic E-state index is 6.10. The van der Waals surface area contributed by atoms with E-state index in [-0.39, 0.29) is 0 Å². The molecule has 0 N–H and O–H groups in total. The Balaban J connectivity index is 3.77. The maximum Gasteiger partial charge on any atom is 0.0656 e. The van der Waals surface area contributed by atoms with Crippen molar-refractivity contribution in [2.45, 2.75) is 90.0 Å². The monoisotopic (exact) mass is 410 g/mol. The molecular formula is C18H42O2S2Si2. The third-order valence-corrected chi connectivity index (χ3v) is 10.7. The molecule has 0 aromatic rings. The number of hydrogen-bond acceptors (Lipinski definition) is 4. The van der Waals surface area contributed by atoms with Gasteiger partial charge in [0.15, 0.2) is 0 Å². The van der Waals surface area contributed by atoms with Crippen LogP contribution in [0.4, 0.5) is 0 Å². The lowest BCUT2D eigenvalue weighted by Crippen LogP contribution is -2.29. The van der Waals surface area contributed by atoms with Crippen molar-refractivity contribution in [3.8, 4) is 0 Å². The van der Waals surface area contributed by atoms with Gasteiger partial charge >= 0.3 is 0 Å². The van der Waals surface area contributed by atoms with E-state index in [0.717, 1.165) is 13.2 Å². The molecule has 146 valence electrons. The average Bonchev–Trinajstić information content (AvgIpc) is 2.54. The summed E-state index contributed by atoms with van der Waals surface area (Å²) in [5, 5.41) is 0. The van der Waals surface area contributed by atoms with E-state index < -0.39 is 17.6 Å². The Kier molecular flexibility index (Phi) is 18.2. The zero-order valence-corrected chi connectivity index (χ0v) is 21.0. The molecule has 24 heavy (non-hydrogen) atoms. The summed E-state index contributed by atoms with van der Waals surface area (Å²) in [6, 6.07) is 0. The highest BCUT2D eigenvalue weighted by Gasteiger charge is 2.16. The highest BCUT2D eigenvalue weighted by atomic mass is 33.1. The molecule has 0 spiro atoms. The first-order valence-electron chi connectivity index (χ1n) is 10.00. The Labute approximate surface area is 163 Å². The van der Waals surface area contributed by atoms with Gasteiger partial charge in [0.25, 0.3) is 0 Å². The minimum absolute atomic E-state index is 0.567.